The Hall–Kier alpha value is -3.31. The molecule has 0 fully saturated rings. The van der Waals surface area contributed by atoms with Crippen molar-refractivity contribution >= 4 is 51.0 Å². The summed E-state index contributed by atoms with van der Waals surface area (Å²) in [5, 5.41) is 12.7. The van der Waals surface area contributed by atoms with Gasteiger partial charge in [-0.05, 0) is 60.2 Å². The van der Waals surface area contributed by atoms with Gasteiger partial charge in [0.15, 0.2) is 0 Å². The van der Waals surface area contributed by atoms with Crippen molar-refractivity contribution in [3.8, 4) is 11.8 Å². The summed E-state index contributed by atoms with van der Waals surface area (Å²) in [5.74, 6) is -0.549. The maximum Gasteiger partial charge on any atom is 0.339 e. The van der Waals surface area contributed by atoms with Crippen LogP contribution in [0.5, 0.6) is 5.75 Å². The largest absolute Gasteiger partial charge is 0.379 e. The molecule has 1 N–H and O–H groups in total. The van der Waals surface area contributed by atoms with Crippen LogP contribution in [0.1, 0.15) is 5.56 Å². The van der Waals surface area contributed by atoms with Gasteiger partial charge in [-0.15, -0.1) is 0 Å². The first-order valence-electron chi connectivity index (χ1n) is 8.76. The van der Waals surface area contributed by atoms with Gasteiger partial charge in [-0.1, -0.05) is 47.5 Å². The van der Waals surface area contributed by atoms with Gasteiger partial charge in [0.1, 0.15) is 22.3 Å². The van der Waals surface area contributed by atoms with E-state index in [-0.39, 0.29) is 16.2 Å². The Kier molecular flexibility index (Phi) is 6.98. The molecule has 3 aromatic carbocycles. The molecule has 0 unspecified atom stereocenters. The molecular weight excluding hydrogens is 459 g/mol. The number of carbonyl (C=O) groups is 1. The van der Waals surface area contributed by atoms with Gasteiger partial charge in [0.05, 0.1) is 10.7 Å². The minimum Gasteiger partial charge on any atom is -0.379 e. The first kappa shape index (κ1) is 22.4. The van der Waals surface area contributed by atoms with Crippen molar-refractivity contribution in [1.29, 1.82) is 5.26 Å². The van der Waals surface area contributed by atoms with Gasteiger partial charge in [-0.25, -0.2) is 0 Å². The fourth-order valence-corrected chi connectivity index (χ4v) is 3.70. The molecule has 3 rings (SSSR count). The molecule has 0 heterocycles. The summed E-state index contributed by atoms with van der Waals surface area (Å²) < 4.78 is 29.8. The predicted octanol–water partition coefficient (Wildman–Crippen LogP) is 5.31. The molecule has 0 aromatic heterocycles. The van der Waals surface area contributed by atoms with E-state index in [4.69, 9.17) is 27.4 Å². The number of nitrogens with zero attached hydrogens (tertiary/aromatic N) is 1. The molecule has 0 aliphatic heterocycles. The van der Waals surface area contributed by atoms with E-state index in [9.17, 15) is 18.5 Å². The molecular formula is C22H14Cl2N2O4S. The lowest BCUT2D eigenvalue weighted by atomic mass is 10.1. The highest BCUT2D eigenvalue weighted by Crippen LogP contribution is 2.23. The number of hydrogen-bond donors (Lipinski definition) is 1. The molecule has 0 saturated carbocycles. The predicted molar refractivity (Wildman–Crippen MR) is 119 cm³/mol. The van der Waals surface area contributed by atoms with Crippen LogP contribution >= 0.6 is 23.2 Å². The lowest BCUT2D eigenvalue weighted by molar-refractivity contribution is -0.112. The topological polar surface area (TPSA) is 96.3 Å². The normalized spacial score (nSPS) is 11.5. The fourth-order valence-electron chi connectivity index (χ4n) is 2.46. The Bertz CT molecular complexity index is 1280. The molecule has 156 valence electrons. The van der Waals surface area contributed by atoms with Crippen LogP contribution < -0.4 is 9.50 Å². The first-order valence-corrected chi connectivity index (χ1v) is 10.9. The van der Waals surface area contributed by atoms with Gasteiger partial charge >= 0.3 is 10.1 Å². The fraction of sp³-hybridized carbons (Fsp3) is 0. The molecule has 6 nitrogen and oxygen atoms in total. The Labute approximate surface area is 189 Å². The van der Waals surface area contributed by atoms with Crippen molar-refractivity contribution in [1.82, 2.24) is 0 Å². The Morgan fingerprint density at radius 1 is 0.968 bits per heavy atom. The number of carbonyl (C=O) groups excluding carboxylic acids is 1. The van der Waals surface area contributed by atoms with Gasteiger partial charge in [0, 0.05) is 5.02 Å². The number of hydrogen-bond acceptors (Lipinski definition) is 5. The Balaban J connectivity index is 1.74. The first-order chi connectivity index (χ1) is 14.8. The summed E-state index contributed by atoms with van der Waals surface area (Å²) in [6.45, 7) is 0. The molecule has 0 atom stereocenters. The van der Waals surface area contributed by atoms with Crippen LogP contribution in [0.4, 0.5) is 5.69 Å². The summed E-state index contributed by atoms with van der Waals surface area (Å²) in [5.41, 5.74) is 0.732. The smallest absolute Gasteiger partial charge is 0.339 e. The van der Waals surface area contributed by atoms with Gasteiger partial charge in [-0.3, -0.25) is 4.79 Å². The lowest BCUT2D eigenvalue weighted by Gasteiger charge is -2.08. The van der Waals surface area contributed by atoms with Gasteiger partial charge in [0.2, 0.25) is 0 Å². The van der Waals surface area contributed by atoms with Gasteiger partial charge < -0.3 is 9.50 Å². The average Bonchev–Trinajstić information content (AvgIpc) is 2.75. The monoisotopic (exact) mass is 472 g/mol. The second kappa shape index (κ2) is 9.67. The highest BCUT2D eigenvalue weighted by atomic mass is 35.5. The third kappa shape index (κ3) is 5.86. The molecule has 0 spiro atoms. The van der Waals surface area contributed by atoms with E-state index in [2.05, 4.69) is 5.32 Å². The zero-order valence-electron chi connectivity index (χ0n) is 15.7. The van der Waals surface area contributed by atoms with E-state index in [0.717, 1.165) is 0 Å². The van der Waals surface area contributed by atoms with Crippen molar-refractivity contribution in [2.24, 2.45) is 0 Å². The Morgan fingerprint density at radius 3 is 2.23 bits per heavy atom. The minimum atomic E-state index is -4.03. The van der Waals surface area contributed by atoms with Crippen LogP contribution in [0.15, 0.2) is 83.3 Å². The van der Waals surface area contributed by atoms with E-state index >= 15 is 0 Å². The van der Waals surface area contributed by atoms with Crippen LogP contribution in [0.25, 0.3) is 6.08 Å². The summed E-state index contributed by atoms with van der Waals surface area (Å²) in [6.07, 6.45) is 1.36. The van der Waals surface area contributed by atoms with E-state index in [1.807, 2.05) is 6.07 Å². The molecule has 0 saturated heterocycles. The number of halogens is 2. The number of amides is 1. The highest BCUT2D eigenvalue weighted by molar-refractivity contribution is 7.87. The zero-order chi connectivity index (χ0) is 22.4. The second-order valence-corrected chi connectivity index (χ2v) is 8.55. The Morgan fingerprint density at radius 2 is 1.61 bits per heavy atom. The third-order valence-corrected chi connectivity index (χ3v) is 5.83. The summed E-state index contributed by atoms with van der Waals surface area (Å²) in [7, 11) is -4.03. The second-order valence-electron chi connectivity index (χ2n) is 6.16. The molecule has 9 heteroatoms. The van der Waals surface area contributed by atoms with Crippen LogP contribution in [0.3, 0.4) is 0 Å². The van der Waals surface area contributed by atoms with E-state index in [0.29, 0.717) is 21.3 Å². The van der Waals surface area contributed by atoms with Crippen molar-refractivity contribution in [3.63, 3.8) is 0 Å². The highest BCUT2D eigenvalue weighted by Gasteiger charge is 2.16. The van der Waals surface area contributed by atoms with Crippen LogP contribution in [-0.4, -0.2) is 14.3 Å². The van der Waals surface area contributed by atoms with E-state index in [1.54, 1.807) is 24.3 Å². The maximum absolute atomic E-state index is 12.4. The van der Waals surface area contributed by atoms with E-state index in [1.165, 1.54) is 54.6 Å². The number of anilines is 1. The van der Waals surface area contributed by atoms with Crippen LogP contribution in [0.2, 0.25) is 10.0 Å². The number of benzene rings is 3. The van der Waals surface area contributed by atoms with Crippen molar-refractivity contribution < 1.29 is 17.4 Å². The number of nitrogens with one attached hydrogen (secondary N) is 1. The standard InChI is InChI=1S/C22H14Cl2N2O4S/c23-17-7-11-19(12-8-17)31(28,29)30-18-9-5-15(6-10-18)13-16(14-25)22(27)26-21-4-2-1-3-20(21)24/h1-13H,(H,26,27)/b16-13+. The number of nitriles is 1. The molecule has 31 heavy (non-hydrogen) atoms. The molecule has 3 aromatic rings. The zero-order valence-corrected chi connectivity index (χ0v) is 18.1. The third-order valence-electron chi connectivity index (χ3n) is 3.99. The SMILES string of the molecule is N#C/C(=C\c1ccc(OS(=O)(=O)c2ccc(Cl)cc2)cc1)C(=O)Nc1ccccc1Cl. The maximum atomic E-state index is 12.4. The summed E-state index contributed by atoms with van der Waals surface area (Å²) in [4.78, 5) is 12.3. The molecule has 0 aliphatic carbocycles. The van der Waals surface area contributed by atoms with Crippen LogP contribution in [-0.2, 0) is 14.9 Å². The van der Waals surface area contributed by atoms with Crippen molar-refractivity contribution in [3.05, 3.63) is 94.0 Å². The van der Waals surface area contributed by atoms with Gasteiger partial charge in [0.25, 0.3) is 5.91 Å². The summed E-state index contributed by atoms with van der Waals surface area (Å²) >= 11 is 11.8. The molecule has 0 bridgehead atoms. The van der Waals surface area contributed by atoms with Gasteiger partial charge in [-0.2, -0.15) is 13.7 Å². The molecule has 1 amide bonds. The quantitative estimate of drug-likeness (QED) is 0.298. The minimum absolute atomic E-state index is 0.0381. The summed E-state index contributed by atoms with van der Waals surface area (Å²) in [6, 6.07) is 19.9. The molecule has 0 radical (unpaired) electrons. The number of rotatable bonds is 6. The van der Waals surface area contributed by atoms with Crippen molar-refractivity contribution in [2.45, 2.75) is 4.90 Å². The van der Waals surface area contributed by atoms with Crippen molar-refractivity contribution in [2.75, 3.05) is 5.32 Å². The van der Waals surface area contributed by atoms with E-state index < -0.39 is 16.0 Å². The molecule has 0 aliphatic rings. The number of para-hydroxylation sites is 1. The lowest BCUT2D eigenvalue weighted by Crippen LogP contribution is -2.13. The average molecular weight is 473 g/mol. The van der Waals surface area contributed by atoms with Crippen LogP contribution in [0, 0.1) is 11.3 Å².